The summed E-state index contributed by atoms with van der Waals surface area (Å²) in [5.74, 6) is -0.151. The summed E-state index contributed by atoms with van der Waals surface area (Å²) in [6, 6.07) is 9.17. The van der Waals surface area contributed by atoms with Gasteiger partial charge >= 0.3 is 5.69 Å². The highest BCUT2D eigenvalue weighted by atomic mass is 32.2. The number of hydrogen-bond donors (Lipinski definition) is 0. The number of hydrogen-bond acceptors (Lipinski definition) is 6. The molecule has 2 aromatic rings. The van der Waals surface area contributed by atoms with Crippen molar-refractivity contribution in [3.8, 4) is 5.75 Å². The van der Waals surface area contributed by atoms with Crippen LogP contribution < -0.4 is 4.74 Å². The predicted octanol–water partition coefficient (Wildman–Crippen LogP) is 2.37. The predicted molar refractivity (Wildman–Crippen MR) is 110 cm³/mol. The van der Waals surface area contributed by atoms with Gasteiger partial charge in [0.25, 0.3) is 5.91 Å². The number of nitro groups is 1. The van der Waals surface area contributed by atoms with Gasteiger partial charge in [-0.1, -0.05) is 17.2 Å². The summed E-state index contributed by atoms with van der Waals surface area (Å²) >= 11 is 0. The number of rotatable bonds is 5. The Balaban J connectivity index is 1.76. The fourth-order valence-corrected chi connectivity index (χ4v) is 4.98. The Morgan fingerprint density at radius 3 is 2.17 bits per heavy atom. The van der Waals surface area contributed by atoms with Crippen LogP contribution in [-0.2, 0) is 10.0 Å². The van der Waals surface area contributed by atoms with Crippen LogP contribution in [0.3, 0.4) is 0 Å². The molecule has 1 amide bonds. The van der Waals surface area contributed by atoms with Crippen molar-refractivity contribution in [2.24, 2.45) is 0 Å². The lowest BCUT2D eigenvalue weighted by atomic mass is 10.1. The number of nitro benzene ring substituents is 1. The number of aryl methyl sites for hydroxylation is 2. The second-order valence-corrected chi connectivity index (χ2v) is 9.10. The van der Waals surface area contributed by atoms with Crippen LogP contribution >= 0.6 is 0 Å². The Hall–Kier alpha value is -2.98. The van der Waals surface area contributed by atoms with Crippen molar-refractivity contribution in [1.82, 2.24) is 9.21 Å². The monoisotopic (exact) mass is 433 g/mol. The average Bonchev–Trinajstić information content (AvgIpc) is 2.72. The van der Waals surface area contributed by atoms with Gasteiger partial charge in [0.2, 0.25) is 10.0 Å². The number of amides is 1. The molecule has 30 heavy (non-hydrogen) atoms. The zero-order valence-corrected chi connectivity index (χ0v) is 17.8. The molecule has 0 N–H and O–H groups in total. The van der Waals surface area contributed by atoms with Gasteiger partial charge in [-0.05, 0) is 38.1 Å². The van der Waals surface area contributed by atoms with Gasteiger partial charge in [0.05, 0.1) is 16.9 Å². The summed E-state index contributed by atoms with van der Waals surface area (Å²) in [5.41, 5.74) is 2.14. The molecule has 0 saturated carbocycles. The smallest absolute Gasteiger partial charge is 0.312 e. The number of benzene rings is 2. The number of piperazine rings is 1. The van der Waals surface area contributed by atoms with E-state index < -0.39 is 20.6 Å². The van der Waals surface area contributed by atoms with E-state index in [0.717, 1.165) is 17.2 Å². The molecule has 1 heterocycles. The molecule has 10 heteroatoms. The maximum Gasteiger partial charge on any atom is 0.312 e. The van der Waals surface area contributed by atoms with E-state index in [1.165, 1.54) is 23.5 Å². The van der Waals surface area contributed by atoms with E-state index in [0.29, 0.717) is 5.56 Å². The van der Waals surface area contributed by atoms with Crippen LogP contribution in [0.4, 0.5) is 5.69 Å². The van der Waals surface area contributed by atoms with Crippen LogP contribution in [0.5, 0.6) is 5.75 Å². The first-order chi connectivity index (χ1) is 14.1. The first-order valence-corrected chi connectivity index (χ1v) is 10.8. The molecule has 2 aromatic carbocycles. The van der Waals surface area contributed by atoms with Gasteiger partial charge in [-0.15, -0.1) is 0 Å². The van der Waals surface area contributed by atoms with Crippen molar-refractivity contribution >= 4 is 21.6 Å². The molecule has 0 aromatic heterocycles. The molecule has 1 fully saturated rings. The highest BCUT2D eigenvalue weighted by molar-refractivity contribution is 7.89. The Bertz CT molecular complexity index is 1070. The zero-order valence-electron chi connectivity index (χ0n) is 17.0. The Labute approximate surface area is 175 Å². The summed E-state index contributed by atoms with van der Waals surface area (Å²) in [6.07, 6.45) is 0. The minimum absolute atomic E-state index is 0.0113. The summed E-state index contributed by atoms with van der Waals surface area (Å²) in [5, 5.41) is 11.2. The van der Waals surface area contributed by atoms with Crippen LogP contribution in [0, 0.1) is 24.0 Å². The van der Waals surface area contributed by atoms with Crippen LogP contribution in [-0.4, -0.2) is 61.7 Å². The molecule has 0 atom stereocenters. The lowest BCUT2D eigenvalue weighted by Crippen LogP contribution is -2.50. The topological polar surface area (TPSA) is 110 Å². The summed E-state index contributed by atoms with van der Waals surface area (Å²) in [7, 11) is -2.65. The zero-order chi connectivity index (χ0) is 22.1. The molecular weight excluding hydrogens is 410 g/mol. The summed E-state index contributed by atoms with van der Waals surface area (Å²) in [4.78, 5) is 24.8. The molecular formula is C20H23N3O6S. The van der Waals surface area contributed by atoms with Crippen molar-refractivity contribution in [2.45, 2.75) is 18.7 Å². The van der Waals surface area contributed by atoms with Crippen molar-refractivity contribution in [3.63, 3.8) is 0 Å². The van der Waals surface area contributed by atoms with Gasteiger partial charge in [0, 0.05) is 37.8 Å². The van der Waals surface area contributed by atoms with Gasteiger partial charge < -0.3 is 9.64 Å². The van der Waals surface area contributed by atoms with E-state index >= 15 is 0 Å². The van der Waals surface area contributed by atoms with Gasteiger partial charge in [-0.3, -0.25) is 14.9 Å². The second kappa shape index (κ2) is 8.41. The van der Waals surface area contributed by atoms with E-state index in [4.69, 9.17) is 4.74 Å². The number of ether oxygens (including phenoxy) is 1. The van der Waals surface area contributed by atoms with E-state index in [-0.39, 0.29) is 42.7 Å². The molecule has 3 rings (SSSR count). The third-order valence-corrected chi connectivity index (χ3v) is 6.87. The van der Waals surface area contributed by atoms with Gasteiger partial charge in [-0.2, -0.15) is 4.31 Å². The van der Waals surface area contributed by atoms with Crippen LogP contribution in [0.15, 0.2) is 41.3 Å². The van der Waals surface area contributed by atoms with Crippen molar-refractivity contribution in [2.75, 3.05) is 33.3 Å². The first-order valence-electron chi connectivity index (χ1n) is 9.33. The molecule has 160 valence electrons. The molecule has 0 unspecified atom stereocenters. The Morgan fingerprint density at radius 1 is 1.03 bits per heavy atom. The van der Waals surface area contributed by atoms with Crippen LogP contribution in [0.1, 0.15) is 21.5 Å². The maximum absolute atomic E-state index is 13.0. The number of carbonyl (C=O) groups is 1. The van der Waals surface area contributed by atoms with E-state index in [2.05, 4.69) is 0 Å². The van der Waals surface area contributed by atoms with Gasteiger partial charge in [0.15, 0.2) is 5.75 Å². The quantitative estimate of drug-likeness (QED) is 0.529. The highest BCUT2D eigenvalue weighted by Gasteiger charge is 2.32. The Morgan fingerprint density at radius 2 is 1.63 bits per heavy atom. The van der Waals surface area contributed by atoms with Gasteiger partial charge in [0.1, 0.15) is 0 Å². The molecule has 1 aliphatic heterocycles. The van der Waals surface area contributed by atoms with Crippen LogP contribution in [0.2, 0.25) is 0 Å². The minimum atomic E-state index is -3.93. The number of carbonyl (C=O) groups excluding carboxylic acids is 1. The SMILES string of the molecule is COc1ccc(S(=O)(=O)N2CCN(C(=O)c3cc(C)cc(C)c3)CC2)cc1[N+](=O)[O-]. The van der Waals surface area contributed by atoms with E-state index in [9.17, 15) is 23.3 Å². The first kappa shape index (κ1) is 21.7. The van der Waals surface area contributed by atoms with Crippen LogP contribution in [0.25, 0.3) is 0 Å². The summed E-state index contributed by atoms with van der Waals surface area (Å²) in [6.45, 7) is 4.54. The molecule has 9 nitrogen and oxygen atoms in total. The lowest BCUT2D eigenvalue weighted by Gasteiger charge is -2.34. The third-order valence-electron chi connectivity index (χ3n) is 4.98. The van der Waals surface area contributed by atoms with Crippen molar-refractivity contribution in [3.05, 3.63) is 63.2 Å². The minimum Gasteiger partial charge on any atom is -0.490 e. The third kappa shape index (κ3) is 4.29. The molecule has 1 aliphatic rings. The molecule has 0 spiro atoms. The highest BCUT2D eigenvalue weighted by Crippen LogP contribution is 2.30. The fourth-order valence-electron chi connectivity index (χ4n) is 3.53. The fraction of sp³-hybridized carbons (Fsp3) is 0.350. The second-order valence-electron chi connectivity index (χ2n) is 7.16. The van der Waals surface area contributed by atoms with Crippen molar-refractivity contribution < 1.29 is 22.9 Å². The standard InChI is InChI=1S/C20H23N3O6S/c1-14-10-15(2)12-16(11-14)20(24)21-6-8-22(9-7-21)30(27,28)17-4-5-19(29-3)18(13-17)23(25)26/h4-5,10-13H,6-9H2,1-3H3. The van der Waals surface area contributed by atoms with E-state index in [1.54, 1.807) is 4.90 Å². The summed E-state index contributed by atoms with van der Waals surface area (Å²) < 4.78 is 32.1. The normalized spacial score (nSPS) is 15.1. The molecule has 0 bridgehead atoms. The molecule has 0 aliphatic carbocycles. The Kier molecular flexibility index (Phi) is 6.09. The maximum atomic E-state index is 13.0. The number of sulfonamides is 1. The largest absolute Gasteiger partial charge is 0.490 e. The average molecular weight is 433 g/mol. The van der Waals surface area contributed by atoms with E-state index in [1.807, 2.05) is 32.0 Å². The molecule has 1 saturated heterocycles. The number of methoxy groups -OCH3 is 1. The van der Waals surface area contributed by atoms with Gasteiger partial charge in [-0.25, -0.2) is 8.42 Å². The molecule has 0 radical (unpaired) electrons. The van der Waals surface area contributed by atoms with Crippen molar-refractivity contribution in [1.29, 1.82) is 0 Å². The lowest BCUT2D eigenvalue weighted by molar-refractivity contribution is -0.386. The number of nitrogens with zero attached hydrogens (tertiary/aromatic N) is 3.